The fourth-order valence-electron chi connectivity index (χ4n) is 3.57. The van der Waals surface area contributed by atoms with E-state index in [0.717, 1.165) is 17.9 Å². The predicted octanol–water partition coefficient (Wildman–Crippen LogP) is 0.853. The molecule has 7 heteroatoms. The molecule has 2 aliphatic rings. The summed E-state index contributed by atoms with van der Waals surface area (Å²) >= 11 is 0. The molecular formula is C17H21N5O2. The van der Waals surface area contributed by atoms with Crippen LogP contribution < -0.4 is 4.90 Å². The topological polar surface area (TPSA) is 63.5 Å². The van der Waals surface area contributed by atoms with Crippen molar-refractivity contribution in [2.24, 2.45) is 7.05 Å². The van der Waals surface area contributed by atoms with E-state index in [1.165, 1.54) is 0 Å². The predicted molar refractivity (Wildman–Crippen MR) is 89.0 cm³/mol. The van der Waals surface area contributed by atoms with Crippen LogP contribution in [0.3, 0.4) is 0 Å². The number of hydrogen-bond acceptors (Lipinski definition) is 5. The zero-order valence-corrected chi connectivity index (χ0v) is 13.9. The summed E-state index contributed by atoms with van der Waals surface area (Å²) in [5.74, 6) is -0.0283. The molecule has 2 fully saturated rings. The molecule has 0 bridgehead atoms. The molecule has 4 rings (SSSR count). The molecule has 0 N–H and O–H groups in total. The number of anilines is 1. The van der Waals surface area contributed by atoms with Crippen LogP contribution in [0.5, 0.6) is 0 Å². The van der Waals surface area contributed by atoms with Crippen LogP contribution in [0.25, 0.3) is 0 Å². The normalized spacial score (nSPS) is 23.4. The van der Waals surface area contributed by atoms with Gasteiger partial charge in [-0.25, -0.2) is 4.98 Å². The van der Waals surface area contributed by atoms with Gasteiger partial charge in [0.25, 0.3) is 5.91 Å². The highest BCUT2D eigenvalue weighted by atomic mass is 16.5. The summed E-state index contributed by atoms with van der Waals surface area (Å²) in [5.41, 5.74) is 2.63. The maximum absolute atomic E-state index is 12.7. The van der Waals surface area contributed by atoms with Crippen LogP contribution in [0.15, 0.2) is 30.9 Å². The van der Waals surface area contributed by atoms with Crippen LogP contribution in [0.4, 0.5) is 5.69 Å². The molecule has 2 aromatic rings. The molecule has 7 nitrogen and oxygen atoms in total. The summed E-state index contributed by atoms with van der Waals surface area (Å²) in [6.45, 7) is 4.76. The number of nitrogens with zero attached hydrogens (tertiary/aromatic N) is 5. The number of amides is 1. The van der Waals surface area contributed by atoms with E-state index < -0.39 is 0 Å². The molecule has 2 aromatic heterocycles. The molecule has 0 aromatic carbocycles. The average molecular weight is 327 g/mol. The molecule has 24 heavy (non-hydrogen) atoms. The summed E-state index contributed by atoms with van der Waals surface area (Å²) in [7, 11) is 1.87. The number of aromatic nitrogens is 3. The average Bonchev–Trinajstić information content (AvgIpc) is 3.20. The van der Waals surface area contributed by atoms with Crippen LogP contribution in [0, 0.1) is 6.92 Å². The van der Waals surface area contributed by atoms with Gasteiger partial charge >= 0.3 is 0 Å². The van der Waals surface area contributed by atoms with Crippen molar-refractivity contribution in [2.45, 2.75) is 19.1 Å². The van der Waals surface area contributed by atoms with E-state index in [4.69, 9.17) is 4.74 Å². The number of aryl methyl sites for hydroxylation is 2. The Morgan fingerprint density at radius 2 is 2.21 bits per heavy atom. The SMILES string of the molecule is Cc1cc(N2CCO[C@H]3CN(C(=O)c4cn(C)cn4)C[C@@H]32)ccn1. The molecule has 0 aliphatic carbocycles. The van der Waals surface area contributed by atoms with Gasteiger partial charge < -0.3 is 19.1 Å². The summed E-state index contributed by atoms with van der Waals surface area (Å²) in [4.78, 5) is 25.3. The van der Waals surface area contributed by atoms with E-state index in [0.29, 0.717) is 25.4 Å². The van der Waals surface area contributed by atoms with Crippen molar-refractivity contribution in [2.75, 3.05) is 31.1 Å². The molecule has 2 saturated heterocycles. The zero-order valence-electron chi connectivity index (χ0n) is 13.9. The minimum atomic E-state index is -0.0283. The van der Waals surface area contributed by atoms with Crippen molar-refractivity contribution < 1.29 is 9.53 Å². The number of likely N-dealkylation sites (tertiary alicyclic amines) is 1. The number of carbonyl (C=O) groups excluding carboxylic acids is 1. The van der Waals surface area contributed by atoms with Crippen molar-refractivity contribution in [1.29, 1.82) is 0 Å². The van der Waals surface area contributed by atoms with E-state index >= 15 is 0 Å². The van der Waals surface area contributed by atoms with Crippen LogP contribution in [-0.2, 0) is 11.8 Å². The monoisotopic (exact) mass is 327 g/mol. The standard InChI is InChI=1S/C17H21N5O2/c1-12-7-13(3-4-18-12)22-5-6-24-16-10-21(9-15(16)22)17(23)14-8-20(2)11-19-14/h3-4,7-8,11,15-16H,5-6,9-10H2,1-2H3/t15-,16-/m0/s1. The second kappa shape index (κ2) is 5.90. The first kappa shape index (κ1) is 15.1. The van der Waals surface area contributed by atoms with Gasteiger partial charge in [0.1, 0.15) is 5.69 Å². The molecule has 2 aliphatic heterocycles. The summed E-state index contributed by atoms with van der Waals surface area (Å²) in [6.07, 6.45) is 5.29. The number of hydrogen-bond donors (Lipinski definition) is 0. The van der Waals surface area contributed by atoms with E-state index in [1.807, 2.05) is 31.1 Å². The Labute approximate surface area is 140 Å². The van der Waals surface area contributed by atoms with Gasteiger partial charge in [-0.05, 0) is 19.1 Å². The van der Waals surface area contributed by atoms with E-state index in [2.05, 4.69) is 20.9 Å². The fourth-order valence-corrected chi connectivity index (χ4v) is 3.57. The van der Waals surface area contributed by atoms with Crippen molar-refractivity contribution in [1.82, 2.24) is 19.4 Å². The smallest absolute Gasteiger partial charge is 0.274 e. The van der Waals surface area contributed by atoms with E-state index in [9.17, 15) is 4.79 Å². The molecule has 0 spiro atoms. The van der Waals surface area contributed by atoms with E-state index in [-0.39, 0.29) is 18.1 Å². The van der Waals surface area contributed by atoms with Crippen LogP contribution in [0.1, 0.15) is 16.2 Å². The summed E-state index contributed by atoms with van der Waals surface area (Å²) < 4.78 is 7.72. The van der Waals surface area contributed by atoms with Crippen molar-refractivity contribution in [3.05, 3.63) is 42.2 Å². The first-order valence-corrected chi connectivity index (χ1v) is 8.20. The minimum Gasteiger partial charge on any atom is -0.372 e. The number of carbonyl (C=O) groups is 1. The molecule has 0 saturated carbocycles. The third-order valence-corrected chi connectivity index (χ3v) is 4.72. The first-order chi connectivity index (χ1) is 11.6. The number of morpholine rings is 1. The Hall–Kier alpha value is -2.41. The number of pyridine rings is 1. The molecule has 1 amide bonds. The van der Waals surface area contributed by atoms with Crippen molar-refractivity contribution >= 4 is 11.6 Å². The number of imidazole rings is 1. The van der Waals surface area contributed by atoms with Gasteiger partial charge in [-0.15, -0.1) is 0 Å². The fraction of sp³-hybridized carbons (Fsp3) is 0.471. The molecule has 2 atom stereocenters. The summed E-state index contributed by atoms with van der Waals surface area (Å²) in [6, 6.07) is 4.29. The zero-order chi connectivity index (χ0) is 16.7. The Bertz CT molecular complexity index is 759. The van der Waals surface area contributed by atoms with Gasteiger partial charge in [0.2, 0.25) is 0 Å². The molecule has 4 heterocycles. The highest BCUT2D eigenvalue weighted by Gasteiger charge is 2.42. The Balaban J connectivity index is 1.55. The van der Waals surface area contributed by atoms with Crippen LogP contribution in [0.2, 0.25) is 0 Å². The molecule has 0 unspecified atom stereocenters. The highest BCUT2D eigenvalue weighted by molar-refractivity contribution is 5.92. The van der Waals surface area contributed by atoms with Gasteiger partial charge in [-0.1, -0.05) is 0 Å². The number of ether oxygens (including phenoxy) is 1. The van der Waals surface area contributed by atoms with Crippen LogP contribution >= 0.6 is 0 Å². The lowest BCUT2D eigenvalue weighted by Gasteiger charge is -2.38. The third-order valence-electron chi connectivity index (χ3n) is 4.72. The van der Waals surface area contributed by atoms with Gasteiger partial charge in [0.15, 0.2) is 0 Å². The lowest BCUT2D eigenvalue weighted by molar-refractivity contribution is 0.0301. The molecule has 0 radical (unpaired) electrons. The second-order valence-corrected chi connectivity index (χ2v) is 6.46. The second-order valence-electron chi connectivity index (χ2n) is 6.46. The lowest BCUT2D eigenvalue weighted by atomic mass is 10.1. The van der Waals surface area contributed by atoms with Gasteiger partial charge in [0, 0.05) is 50.5 Å². The minimum absolute atomic E-state index is 0.0283. The van der Waals surface area contributed by atoms with Crippen molar-refractivity contribution in [3.8, 4) is 0 Å². The number of fused-ring (bicyclic) bond motifs is 1. The first-order valence-electron chi connectivity index (χ1n) is 8.20. The van der Waals surface area contributed by atoms with Crippen molar-refractivity contribution in [3.63, 3.8) is 0 Å². The quantitative estimate of drug-likeness (QED) is 0.818. The Morgan fingerprint density at radius 1 is 1.33 bits per heavy atom. The number of rotatable bonds is 2. The lowest BCUT2D eigenvalue weighted by Crippen LogP contribution is -2.51. The molecular weight excluding hydrogens is 306 g/mol. The molecule has 126 valence electrons. The Morgan fingerprint density at radius 3 is 2.96 bits per heavy atom. The van der Waals surface area contributed by atoms with E-state index in [1.54, 1.807) is 17.1 Å². The Kier molecular flexibility index (Phi) is 3.72. The summed E-state index contributed by atoms with van der Waals surface area (Å²) in [5, 5.41) is 0. The maximum Gasteiger partial charge on any atom is 0.274 e. The van der Waals surface area contributed by atoms with Gasteiger partial charge in [0.05, 0.1) is 25.1 Å². The largest absolute Gasteiger partial charge is 0.372 e. The third kappa shape index (κ3) is 2.65. The van der Waals surface area contributed by atoms with Gasteiger partial charge in [-0.2, -0.15) is 0 Å². The van der Waals surface area contributed by atoms with Crippen LogP contribution in [-0.4, -0.2) is 63.7 Å². The highest BCUT2D eigenvalue weighted by Crippen LogP contribution is 2.28. The maximum atomic E-state index is 12.7. The van der Waals surface area contributed by atoms with Gasteiger partial charge in [-0.3, -0.25) is 9.78 Å².